The lowest BCUT2D eigenvalue weighted by Gasteiger charge is -2.05. The van der Waals surface area contributed by atoms with E-state index < -0.39 is 35.6 Å². The molecule has 0 aliphatic heterocycles. The van der Waals surface area contributed by atoms with Gasteiger partial charge in [0.1, 0.15) is 5.00 Å². The number of carbonyl (C=O) groups excluding carboxylic acids is 3. The Balaban J connectivity index is 1.86. The Morgan fingerprint density at radius 3 is 2.36 bits per heavy atom. The van der Waals surface area contributed by atoms with Crippen molar-refractivity contribution in [3.63, 3.8) is 0 Å². The summed E-state index contributed by atoms with van der Waals surface area (Å²) in [5.74, 6) is -3.99. The number of carboxylic acid groups (broad SMARTS) is 1. The molecule has 1 fully saturated rings. The van der Waals surface area contributed by atoms with Gasteiger partial charge < -0.3 is 20.5 Å². The zero-order valence-corrected chi connectivity index (χ0v) is 16.0. The van der Waals surface area contributed by atoms with Crippen LogP contribution in [0.2, 0.25) is 0 Å². The van der Waals surface area contributed by atoms with Gasteiger partial charge in [0.2, 0.25) is 5.91 Å². The first-order valence-electron chi connectivity index (χ1n) is 8.45. The summed E-state index contributed by atoms with van der Waals surface area (Å²) in [4.78, 5) is 48.4. The second-order valence-corrected chi connectivity index (χ2v) is 7.37. The monoisotopic (exact) mass is 402 g/mol. The molecule has 9 heteroatoms. The van der Waals surface area contributed by atoms with Crippen LogP contribution in [-0.4, -0.2) is 36.0 Å². The van der Waals surface area contributed by atoms with Crippen LogP contribution < -0.4 is 10.6 Å². The number of nitrogens with one attached hydrogen (secondary N) is 2. The summed E-state index contributed by atoms with van der Waals surface area (Å²) in [7, 11) is 1.20. The maximum Gasteiger partial charge on any atom is 0.341 e. The summed E-state index contributed by atoms with van der Waals surface area (Å²) in [5.41, 5.74) is 1.06. The fourth-order valence-corrected chi connectivity index (χ4v) is 3.93. The third-order valence-electron chi connectivity index (χ3n) is 4.46. The van der Waals surface area contributed by atoms with Gasteiger partial charge in [0, 0.05) is 5.69 Å². The van der Waals surface area contributed by atoms with Gasteiger partial charge in [-0.3, -0.25) is 14.4 Å². The van der Waals surface area contributed by atoms with E-state index in [9.17, 15) is 19.2 Å². The molecule has 1 heterocycles. The minimum atomic E-state index is -1.03. The van der Waals surface area contributed by atoms with E-state index in [1.807, 2.05) is 6.07 Å². The van der Waals surface area contributed by atoms with Gasteiger partial charge in [0.05, 0.1) is 29.4 Å². The molecule has 1 aliphatic carbocycles. The van der Waals surface area contributed by atoms with Gasteiger partial charge in [0.25, 0.3) is 5.91 Å². The van der Waals surface area contributed by atoms with Crippen molar-refractivity contribution in [2.75, 3.05) is 17.7 Å². The van der Waals surface area contributed by atoms with Crippen molar-refractivity contribution < 1.29 is 29.0 Å². The van der Waals surface area contributed by atoms with Crippen LogP contribution in [0.3, 0.4) is 0 Å². The van der Waals surface area contributed by atoms with Crippen LogP contribution in [0.15, 0.2) is 30.3 Å². The van der Waals surface area contributed by atoms with Crippen LogP contribution in [-0.2, 0) is 14.3 Å². The topological polar surface area (TPSA) is 122 Å². The van der Waals surface area contributed by atoms with E-state index >= 15 is 0 Å². The zero-order chi connectivity index (χ0) is 20.4. The Labute approximate surface area is 164 Å². The number of esters is 1. The molecule has 1 aliphatic rings. The zero-order valence-electron chi connectivity index (χ0n) is 15.1. The number of carboxylic acids is 1. The van der Waals surface area contributed by atoms with E-state index in [2.05, 4.69) is 10.6 Å². The number of aliphatic carboxylic acids is 1. The largest absolute Gasteiger partial charge is 0.481 e. The van der Waals surface area contributed by atoms with E-state index in [0.717, 1.165) is 11.3 Å². The quantitative estimate of drug-likeness (QED) is 0.639. The lowest BCUT2D eigenvalue weighted by molar-refractivity contribution is -0.139. The van der Waals surface area contributed by atoms with Crippen molar-refractivity contribution in [3.05, 3.63) is 46.3 Å². The lowest BCUT2D eigenvalue weighted by atomic mass is 10.1. The van der Waals surface area contributed by atoms with E-state index in [1.54, 1.807) is 31.2 Å². The highest BCUT2D eigenvalue weighted by molar-refractivity contribution is 7.19. The molecule has 2 unspecified atom stereocenters. The van der Waals surface area contributed by atoms with Crippen molar-refractivity contribution in [3.8, 4) is 0 Å². The molecule has 1 aromatic heterocycles. The van der Waals surface area contributed by atoms with Crippen molar-refractivity contribution in [2.45, 2.75) is 13.3 Å². The van der Waals surface area contributed by atoms with Gasteiger partial charge in [0.15, 0.2) is 0 Å². The van der Waals surface area contributed by atoms with Gasteiger partial charge in [-0.25, -0.2) is 4.79 Å². The first kappa shape index (κ1) is 19.6. The molecule has 3 N–H and O–H groups in total. The van der Waals surface area contributed by atoms with E-state index in [-0.39, 0.29) is 21.9 Å². The second-order valence-electron chi connectivity index (χ2n) is 6.35. The van der Waals surface area contributed by atoms with Crippen LogP contribution in [0.1, 0.15) is 32.0 Å². The van der Waals surface area contributed by atoms with Gasteiger partial charge in [-0.05, 0) is 31.0 Å². The molecule has 8 nitrogen and oxygen atoms in total. The molecule has 1 aromatic carbocycles. The molecule has 2 atom stereocenters. The highest BCUT2D eigenvalue weighted by atomic mass is 32.1. The molecule has 0 bridgehead atoms. The fraction of sp³-hybridized carbons (Fsp3) is 0.263. The third kappa shape index (κ3) is 3.89. The number of hydrogen-bond donors (Lipinski definition) is 3. The minimum absolute atomic E-state index is 0.0894. The number of ether oxygens (including phenoxy) is 1. The summed E-state index contributed by atoms with van der Waals surface area (Å²) in [6, 6.07) is 8.82. The van der Waals surface area contributed by atoms with Crippen LogP contribution in [0.5, 0.6) is 0 Å². The Bertz CT molecular complexity index is 953. The molecule has 146 valence electrons. The normalized spacial score (nSPS) is 17.5. The van der Waals surface area contributed by atoms with Crippen LogP contribution in [0, 0.1) is 18.8 Å². The number of para-hydroxylation sites is 1. The van der Waals surface area contributed by atoms with Crippen LogP contribution >= 0.6 is 11.3 Å². The first-order chi connectivity index (χ1) is 13.3. The number of methoxy groups -OCH3 is 1. The highest BCUT2D eigenvalue weighted by Crippen LogP contribution is 2.41. The van der Waals surface area contributed by atoms with Gasteiger partial charge in [-0.2, -0.15) is 0 Å². The predicted molar refractivity (Wildman–Crippen MR) is 103 cm³/mol. The average Bonchev–Trinajstić information content (AvgIpc) is 3.41. The van der Waals surface area contributed by atoms with E-state index in [0.29, 0.717) is 11.3 Å². The fourth-order valence-electron chi connectivity index (χ4n) is 2.84. The first-order valence-corrected chi connectivity index (χ1v) is 9.27. The van der Waals surface area contributed by atoms with Crippen LogP contribution in [0.25, 0.3) is 0 Å². The summed E-state index contributed by atoms with van der Waals surface area (Å²) in [6.45, 7) is 1.59. The van der Waals surface area contributed by atoms with Crippen molar-refractivity contribution in [1.82, 2.24) is 0 Å². The molecule has 2 amide bonds. The molecule has 3 rings (SSSR count). The Hall–Kier alpha value is -3.20. The lowest BCUT2D eigenvalue weighted by Crippen LogP contribution is -2.18. The molecule has 1 saturated carbocycles. The molecule has 0 spiro atoms. The van der Waals surface area contributed by atoms with Gasteiger partial charge in [-0.1, -0.05) is 18.2 Å². The number of amides is 2. The maximum absolute atomic E-state index is 12.6. The number of hydrogen-bond acceptors (Lipinski definition) is 6. The number of anilines is 2. The van der Waals surface area contributed by atoms with Gasteiger partial charge in [-0.15, -0.1) is 11.3 Å². The number of thiophene rings is 1. The van der Waals surface area contributed by atoms with E-state index in [1.165, 1.54) is 7.11 Å². The molecular formula is C19H18N2O6S. The van der Waals surface area contributed by atoms with Crippen molar-refractivity contribution in [2.24, 2.45) is 11.8 Å². The third-order valence-corrected chi connectivity index (χ3v) is 5.66. The molecule has 2 aromatic rings. The molecule has 0 radical (unpaired) electrons. The second kappa shape index (κ2) is 7.81. The standard InChI is InChI=1S/C19H18N2O6S/c1-9-13(19(26)27-2)17(21-15(22)11-8-12(11)18(24)25)28-14(9)16(23)20-10-6-4-3-5-7-10/h3-7,11-12H,8H2,1-2H3,(H,20,23)(H,21,22)(H,24,25). The SMILES string of the molecule is COC(=O)c1c(NC(=O)C2CC2C(=O)O)sc(C(=O)Nc2ccccc2)c1C. The Morgan fingerprint density at radius 2 is 1.79 bits per heavy atom. The van der Waals surface area contributed by atoms with Crippen molar-refractivity contribution in [1.29, 1.82) is 0 Å². The number of benzene rings is 1. The van der Waals surface area contributed by atoms with Gasteiger partial charge >= 0.3 is 11.9 Å². The van der Waals surface area contributed by atoms with Crippen LogP contribution in [0.4, 0.5) is 10.7 Å². The Kier molecular flexibility index (Phi) is 5.46. The average molecular weight is 402 g/mol. The Morgan fingerprint density at radius 1 is 1.11 bits per heavy atom. The molecule has 28 heavy (non-hydrogen) atoms. The molecule has 0 saturated heterocycles. The summed E-state index contributed by atoms with van der Waals surface area (Å²) >= 11 is 0.948. The highest BCUT2D eigenvalue weighted by Gasteiger charge is 2.48. The summed E-state index contributed by atoms with van der Waals surface area (Å²) in [5, 5.41) is 14.5. The summed E-state index contributed by atoms with van der Waals surface area (Å²) < 4.78 is 4.78. The summed E-state index contributed by atoms with van der Waals surface area (Å²) in [6.07, 6.45) is 0.250. The number of rotatable bonds is 6. The molecular weight excluding hydrogens is 384 g/mol. The number of carbonyl (C=O) groups is 4. The smallest absolute Gasteiger partial charge is 0.341 e. The van der Waals surface area contributed by atoms with E-state index in [4.69, 9.17) is 9.84 Å². The minimum Gasteiger partial charge on any atom is -0.481 e. The predicted octanol–water partition coefficient (Wildman–Crippen LogP) is 2.75. The maximum atomic E-state index is 12.6. The van der Waals surface area contributed by atoms with Crippen molar-refractivity contribution >= 4 is 45.8 Å².